The Morgan fingerprint density at radius 3 is 2.46 bits per heavy atom. The largest absolute Gasteiger partial charge is 0.481 e. The number of amides is 1. The summed E-state index contributed by atoms with van der Waals surface area (Å²) in [5.74, 6) is -0.461. The third-order valence-electron chi connectivity index (χ3n) is 3.68. The van der Waals surface area contributed by atoms with Gasteiger partial charge in [0.2, 0.25) is 5.88 Å². The van der Waals surface area contributed by atoms with E-state index in [-0.39, 0.29) is 24.8 Å². The first-order valence-corrected chi connectivity index (χ1v) is 8.59. The first kappa shape index (κ1) is 19.4. The first-order chi connectivity index (χ1) is 12.5. The van der Waals surface area contributed by atoms with Gasteiger partial charge in [0.1, 0.15) is 6.61 Å². The first-order valence-electron chi connectivity index (χ1n) is 8.59. The number of hydrogen-bond acceptors (Lipinski definition) is 4. The summed E-state index contributed by atoms with van der Waals surface area (Å²) in [5, 5.41) is 8.87. The molecule has 26 heavy (non-hydrogen) atoms. The van der Waals surface area contributed by atoms with Crippen molar-refractivity contribution in [2.45, 2.75) is 26.9 Å². The van der Waals surface area contributed by atoms with Crippen LogP contribution >= 0.6 is 0 Å². The van der Waals surface area contributed by atoms with E-state index < -0.39 is 5.97 Å². The zero-order chi connectivity index (χ0) is 18.9. The smallest absolute Gasteiger partial charge is 0.305 e. The lowest BCUT2D eigenvalue weighted by molar-refractivity contribution is -0.137. The summed E-state index contributed by atoms with van der Waals surface area (Å²) in [6.45, 7) is 5.05. The van der Waals surface area contributed by atoms with Crippen molar-refractivity contribution >= 4 is 11.9 Å². The number of carboxylic acid groups (broad SMARTS) is 1. The number of ether oxygens (including phenoxy) is 1. The molecule has 0 aliphatic carbocycles. The summed E-state index contributed by atoms with van der Waals surface area (Å²) in [5.41, 5.74) is 1.45. The van der Waals surface area contributed by atoms with Crippen LogP contribution in [0, 0.1) is 5.92 Å². The van der Waals surface area contributed by atoms with Gasteiger partial charge in [0.25, 0.3) is 5.91 Å². The minimum Gasteiger partial charge on any atom is -0.481 e. The van der Waals surface area contributed by atoms with Crippen molar-refractivity contribution in [1.82, 2.24) is 9.88 Å². The summed E-state index contributed by atoms with van der Waals surface area (Å²) in [7, 11) is 0. The van der Waals surface area contributed by atoms with E-state index in [0.29, 0.717) is 24.6 Å². The van der Waals surface area contributed by atoms with Crippen LogP contribution < -0.4 is 4.74 Å². The molecule has 0 atom stereocenters. The van der Waals surface area contributed by atoms with Crippen molar-refractivity contribution in [2.75, 3.05) is 13.1 Å². The minimum absolute atomic E-state index is 0.0792. The molecule has 138 valence electrons. The van der Waals surface area contributed by atoms with Crippen molar-refractivity contribution in [3.8, 4) is 5.88 Å². The maximum absolute atomic E-state index is 12.6. The quantitative estimate of drug-likeness (QED) is 0.746. The van der Waals surface area contributed by atoms with E-state index >= 15 is 0 Å². The second-order valence-corrected chi connectivity index (χ2v) is 6.45. The molecule has 1 aromatic heterocycles. The average Bonchev–Trinajstić information content (AvgIpc) is 2.64. The highest BCUT2D eigenvalue weighted by Crippen LogP contribution is 2.13. The van der Waals surface area contributed by atoms with E-state index in [4.69, 9.17) is 9.84 Å². The lowest BCUT2D eigenvalue weighted by Gasteiger charge is -2.24. The van der Waals surface area contributed by atoms with Crippen LogP contribution in [0.15, 0.2) is 48.7 Å². The molecule has 0 fully saturated rings. The van der Waals surface area contributed by atoms with E-state index in [2.05, 4.69) is 4.98 Å². The van der Waals surface area contributed by atoms with Crippen molar-refractivity contribution < 1.29 is 19.4 Å². The normalized spacial score (nSPS) is 10.6. The lowest BCUT2D eigenvalue weighted by atomic mass is 10.1. The molecule has 2 aromatic rings. The van der Waals surface area contributed by atoms with Gasteiger partial charge in [0.05, 0.1) is 12.0 Å². The van der Waals surface area contributed by atoms with Gasteiger partial charge < -0.3 is 14.7 Å². The zero-order valence-electron chi connectivity index (χ0n) is 15.1. The Morgan fingerprint density at radius 1 is 1.15 bits per heavy atom. The van der Waals surface area contributed by atoms with E-state index in [0.717, 1.165) is 5.56 Å². The van der Waals surface area contributed by atoms with Crippen molar-refractivity contribution in [2.24, 2.45) is 5.92 Å². The molecule has 0 bridgehead atoms. The van der Waals surface area contributed by atoms with Crippen LogP contribution in [0.3, 0.4) is 0 Å². The van der Waals surface area contributed by atoms with Gasteiger partial charge >= 0.3 is 5.97 Å². The molecule has 1 aromatic carbocycles. The summed E-state index contributed by atoms with van der Waals surface area (Å²) < 4.78 is 5.62. The number of aliphatic carboxylic acids is 1. The fourth-order valence-corrected chi connectivity index (χ4v) is 2.45. The fourth-order valence-electron chi connectivity index (χ4n) is 2.45. The molecule has 1 amide bonds. The monoisotopic (exact) mass is 356 g/mol. The predicted octanol–water partition coefficient (Wildman–Crippen LogP) is 3.23. The molecule has 0 aliphatic heterocycles. The molecule has 0 saturated carbocycles. The number of benzene rings is 1. The molecule has 6 heteroatoms. The third kappa shape index (κ3) is 6.20. The number of aromatic nitrogens is 1. The number of pyridine rings is 1. The van der Waals surface area contributed by atoms with Crippen LogP contribution in [-0.2, 0) is 11.4 Å². The van der Waals surface area contributed by atoms with Crippen LogP contribution in [0.5, 0.6) is 5.88 Å². The van der Waals surface area contributed by atoms with Crippen molar-refractivity contribution in [3.05, 3.63) is 59.8 Å². The van der Waals surface area contributed by atoms with Crippen LogP contribution in [0.1, 0.15) is 36.2 Å². The Kier molecular flexibility index (Phi) is 7.14. The number of carbonyl (C=O) groups excluding carboxylic acids is 1. The fraction of sp³-hybridized carbons (Fsp3) is 0.350. The summed E-state index contributed by atoms with van der Waals surface area (Å²) in [6, 6.07) is 13.1. The van der Waals surface area contributed by atoms with Crippen LogP contribution in [-0.4, -0.2) is 40.0 Å². The Hall–Kier alpha value is -2.89. The summed E-state index contributed by atoms with van der Waals surface area (Å²) >= 11 is 0. The van der Waals surface area contributed by atoms with E-state index in [1.165, 1.54) is 6.20 Å². The second-order valence-electron chi connectivity index (χ2n) is 6.45. The maximum Gasteiger partial charge on any atom is 0.305 e. The molecule has 0 unspecified atom stereocenters. The van der Waals surface area contributed by atoms with Gasteiger partial charge in [-0.25, -0.2) is 4.98 Å². The topological polar surface area (TPSA) is 79.7 Å². The van der Waals surface area contributed by atoms with Gasteiger partial charge in [0.15, 0.2) is 0 Å². The SMILES string of the molecule is CC(C)CN(CCC(=O)O)C(=O)c1ccc(OCc2ccccc2)nc1. The molecule has 1 heterocycles. The van der Waals surface area contributed by atoms with Crippen molar-refractivity contribution in [3.63, 3.8) is 0 Å². The van der Waals surface area contributed by atoms with E-state index in [1.807, 2.05) is 44.2 Å². The van der Waals surface area contributed by atoms with Crippen molar-refractivity contribution in [1.29, 1.82) is 0 Å². The number of hydrogen-bond donors (Lipinski definition) is 1. The standard InChI is InChI=1S/C20H24N2O4/c1-15(2)13-22(11-10-19(23)24)20(25)17-8-9-18(21-12-17)26-14-16-6-4-3-5-7-16/h3-9,12,15H,10-11,13-14H2,1-2H3,(H,23,24). The average molecular weight is 356 g/mol. The van der Waals surface area contributed by atoms with Crippen LogP contribution in [0.2, 0.25) is 0 Å². The van der Waals surface area contributed by atoms with Gasteiger partial charge in [-0.2, -0.15) is 0 Å². The maximum atomic E-state index is 12.6. The van der Waals surface area contributed by atoms with E-state index in [1.54, 1.807) is 17.0 Å². The number of nitrogens with zero attached hydrogens (tertiary/aromatic N) is 2. The Labute approximate surface area is 153 Å². The lowest BCUT2D eigenvalue weighted by Crippen LogP contribution is -2.36. The van der Waals surface area contributed by atoms with Gasteiger partial charge in [-0.05, 0) is 17.5 Å². The second kappa shape index (κ2) is 9.56. The molecule has 0 saturated heterocycles. The van der Waals surface area contributed by atoms with Gasteiger partial charge in [-0.3, -0.25) is 9.59 Å². The molecule has 1 N–H and O–H groups in total. The Morgan fingerprint density at radius 2 is 1.88 bits per heavy atom. The van der Waals surface area contributed by atoms with Crippen LogP contribution in [0.4, 0.5) is 0 Å². The highest BCUT2D eigenvalue weighted by Gasteiger charge is 2.18. The summed E-state index contributed by atoms with van der Waals surface area (Å²) in [6.07, 6.45) is 1.39. The molecule has 0 spiro atoms. The summed E-state index contributed by atoms with van der Waals surface area (Å²) in [4.78, 5) is 29.2. The Balaban J connectivity index is 1.99. The highest BCUT2D eigenvalue weighted by molar-refractivity contribution is 5.94. The minimum atomic E-state index is -0.922. The molecule has 0 aliphatic rings. The molecule has 2 rings (SSSR count). The zero-order valence-corrected chi connectivity index (χ0v) is 15.1. The number of carbonyl (C=O) groups is 2. The third-order valence-corrected chi connectivity index (χ3v) is 3.68. The predicted molar refractivity (Wildman–Crippen MR) is 98.0 cm³/mol. The molecular formula is C20H24N2O4. The van der Waals surface area contributed by atoms with Gasteiger partial charge in [-0.1, -0.05) is 44.2 Å². The highest BCUT2D eigenvalue weighted by atomic mass is 16.5. The van der Waals surface area contributed by atoms with Crippen LogP contribution in [0.25, 0.3) is 0 Å². The number of carboxylic acids is 1. The van der Waals surface area contributed by atoms with Gasteiger partial charge in [-0.15, -0.1) is 0 Å². The van der Waals surface area contributed by atoms with Gasteiger partial charge in [0, 0.05) is 25.4 Å². The van der Waals surface area contributed by atoms with E-state index in [9.17, 15) is 9.59 Å². The molecular weight excluding hydrogens is 332 g/mol. The number of rotatable bonds is 9. The Bertz CT molecular complexity index is 714. The molecule has 6 nitrogen and oxygen atoms in total. The molecule has 0 radical (unpaired) electrons.